The van der Waals surface area contributed by atoms with Gasteiger partial charge in [0, 0.05) is 0 Å². The van der Waals surface area contributed by atoms with Gasteiger partial charge in [0.25, 0.3) is 0 Å². The van der Waals surface area contributed by atoms with Crippen LogP contribution in [0, 0.1) is 12.3 Å². The number of esters is 2. The van der Waals surface area contributed by atoms with Crippen molar-refractivity contribution in [2.75, 3.05) is 0 Å². The topological polar surface area (TPSA) is 43.4 Å². The zero-order valence-electron chi connectivity index (χ0n) is 7.40. The lowest BCUT2D eigenvalue weighted by Gasteiger charge is -1.99. The maximum absolute atomic E-state index is 11.2. The van der Waals surface area contributed by atoms with Gasteiger partial charge < -0.3 is 4.74 Å². The minimum atomic E-state index is -0.707. The highest BCUT2D eigenvalue weighted by Gasteiger charge is 2.10. The Hall–Kier alpha value is -2.08. The Kier molecular flexibility index (Phi) is 3.45. The molecule has 3 nitrogen and oxygen atoms in total. The van der Waals surface area contributed by atoms with Crippen LogP contribution in [0.3, 0.4) is 0 Å². The second kappa shape index (κ2) is 4.83. The first-order valence-corrected chi connectivity index (χ1v) is 3.97. The van der Waals surface area contributed by atoms with E-state index in [2.05, 4.69) is 10.7 Å². The number of carbonyl (C=O) groups excluding carboxylic acids is 2. The third-order valence-corrected chi connectivity index (χ3v) is 1.46. The van der Waals surface area contributed by atoms with Crippen molar-refractivity contribution in [1.82, 2.24) is 0 Å². The first-order valence-electron chi connectivity index (χ1n) is 3.97. The van der Waals surface area contributed by atoms with Crippen LogP contribution in [-0.2, 0) is 9.53 Å². The minimum absolute atomic E-state index is 0.196. The highest BCUT2D eigenvalue weighted by atomic mass is 16.6. The molecule has 0 saturated heterocycles. The van der Waals surface area contributed by atoms with E-state index in [1.807, 2.05) is 0 Å². The predicted octanol–water partition coefficient (Wildman–Crippen LogP) is 1.39. The van der Waals surface area contributed by atoms with Crippen LogP contribution in [0.4, 0.5) is 0 Å². The van der Waals surface area contributed by atoms with Gasteiger partial charge in [0.05, 0.1) is 5.56 Å². The van der Waals surface area contributed by atoms with E-state index in [4.69, 9.17) is 6.42 Å². The molecule has 0 saturated carbocycles. The standard InChI is InChI=1S/C11H8O3/c1-2-6-10(12)14-11(13)9-7-4-3-5-8-9/h1,3-5,7-8H,6H2. The summed E-state index contributed by atoms with van der Waals surface area (Å²) in [5.74, 6) is 0.715. The average molecular weight is 188 g/mol. The lowest BCUT2D eigenvalue weighted by Crippen LogP contribution is -2.11. The maximum Gasteiger partial charge on any atom is 0.345 e. The molecule has 0 atom stereocenters. The summed E-state index contributed by atoms with van der Waals surface area (Å²) in [4.78, 5) is 22.1. The van der Waals surface area contributed by atoms with Gasteiger partial charge in [-0.25, -0.2) is 4.79 Å². The molecule has 0 spiro atoms. The van der Waals surface area contributed by atoms with Crippen molar-refractivity contribution in [2.45, 2.75) is 6.42 Å². The summed E-state index contributed by atoms with van der Waals surface area (Å²) in [7, 11) is 0. The molecule has 14 heavy (non-hydrogen) atoms. The molecular formula is C11H8O3. The molecule has 3 heteroatoms. The number of terminal acetylenes is 1. The summed E-state index contributed by atoms with van der Waals surface area (Å²) in [5, 5.41) is 0. The van der Waals surface area contributed by atoms with Crippen molar-refractivity contribution in [3.05, 3.63) is 35.9 Å². The zero-order valence-corrected chi connectivity index (χ0v) is 7.40. The lowest BCUT2D eigenvalue weighted by molar-refractivity contribution is -0.136. The van der Waals surface area contributed by atoms with Crippen LogP contribution in [0.1, 0.15) is 16.8 Å². The SMILES string of the molecule is C#CCC(=O)OC(=O)c1ccccc1. The van der Waals surface area contributed by atoms with E-state index in [-0.39, 0.29) is 6.42 Å². The van der Waals surface area contributed by atoms with Crippen molar-refractivity contribution >= 4 is 11.9 Å². The molecule has 1 rings (SSSR count). The fraction of sp³-hybridized carbons (Fsp3) is 0.0909. The number of hydrogen-bond donors (Lipinski definition) is 0. The van der Waals surface area contributed by atoms with Crippen LogP contribution in [0.25, 0.3) is 0 Å². The Morgan fingerprint density at radius 3 is 2.50 bits per heavy atom. The van der Waals surface area contributed by atoms with Crippen molar-refractivity contribution < 1.29 is 14.3 Å². The fourth-order valence-corrected chi connectivity index (χ4v) is 0.856. The number of rotatable bonds is 2. The molecule has 0 amide bonds. The van der Waals surface area contributed by atoms with Gasteiger partial charge in [0.2, 0.25) is 0 Å². The normalized spacial score (nSPS) is 8.79. The maximum atomic E-state index is 11.2. The van der Waals surface area contributed by atoms with E-state index in [1.54, 1.807) is 30.3 Å². The molecule has 0 heterocycles. The second-order valence-electron chi connectivity index (χ2n) is 2.51. The molecule has 0 N–H and O–H groups in total. The highest BCUT2D eigenvalue weighted by Crippen LogP contribution is 2.01. The summed E-state index contributed by atoms with van der Waals surface area (Å²) < 4.78 is 4.46. The summed E-state index contributed by atoms with van der Waals surface area (Å²) in [6.07, 6.45) is 4.69. The predicted molar refractivity (Wildman–Crippen MR) is 50.3 cm³/mol. The second-order valence-corrected chi connectivity index (χ2v) is 2.51. The summed E-state index contributed by atoms with van der Waals surface area (Å²) in [6, 6.07) is 8.25. The van der Waals surface area contributed by atoms with Crippen molar-refractivity contribution in [3.63, 3.8) is 0 Å². The molecule has 0 aliphatic heterocycles. The van der Waals surface area contributed by atoms with E-state index in [1.165, 1.54) is 0 Å². The fourth-order valence-electron chi connectivity index (χ4n) is 0.856. The molecule has 0 aliphatic carbocycles. The molecule has 0 aliphatic rings. The highest BCUT2D eigenvalue weighted by molar-refractivity contribution is 5.97. The van der Waals surface area contributed by atoms with Gasteiger partial charge in [-0.2, -0.15) is 0 Å². The van der Waals surface area contributed by atoms with Crippen LogP contribution in [0.5, 0.6) is 0 Å². The third-order valence-electron chi connectivity index (χ3n) is 1.46. The van der Waals surface area contributed by atoms with Crippen molar-refractivity contribution in [1.29, 1.82) is 0 Å². The van der Waals surface area contributed by atoms with Gasteiger partial charge in [-0.1, -0.05) is 24.1 Å². The Balaban J connectivity index is 2.61. The van der Waals surface area contributed by atoms with Crippen LogP contribution >= 0.6 is 0 Å². The van der Waals surface area contributed by atoms with Crippen LogP contribution < -0.4 is 0 Å². The van der Waals surface area contributed by atoms with Gasteiger partial charge in [0.15, 0.2) is 0 Å². The van der Waals surface area contributed by atoms with E-state index >= 15 is 0 Å². The quantitative estimate of drug-likeness (QED) is 0.400. The van der Waals surface area contributed by atoms with Gasteiger partial charge in [-0.05, 0) is 12.1 Å². The molecular weight excluding hydrogens is 180 g/mol. The molecule has 0 unspecified atom stereocenters. The lowest BCUT2D eigenvalue weighted by atomic mass is 10.2. The minimum Gasteiger partial charge on any atom is -0.389 e. The summed E-state index contributed by atoms with van der Waals surface area (Å²) >= 11 is 0. The zero-order chi connectivity index (χ0) is 10.4. The Morgan fingerprint density at radius 1 is 1.29 bits per heavy atom. The van der Waals surface area contributed by atoms with E-state index in [0.29, 0.717) is 5.56 Å². The van der Waals surface area contributed by atoms with Crippen molar-refractivity contribution in [2.24, 2.45) is 0 Å². The number of benzene rings is 1. The van der Waals surface area contributed by atoms with Crippen LogP contribution in [0.15, 0.2) is 30.3 Å². The molecule has 0 radical (unpaired) electrons. The monoisotopic (exact) mass is 188 g/mol. The molecule has 1 aromatic rings. The molecule has 1 aromatic carbocycles. The smallest absolute Gasteiger partial charge is 0.345 e. The van der Waals surface area contributed by atoms with Crippen molar-refractivity contribution in [3.8, 4) is 12.3 Å². The first-order chi connectivity index (χ1) is 6.74. The van der Waals surface area contributed by atoms with Gasteiger partial charge >= 0.3 is 11.9 Å². The summed E-state index contributed by atoms with van der Waals surface area (Å²) in [5.41, 5.74) is 0.331. The first kappa shape index (κ1) is 10.0. The Bertz CT molecular complexity index is 373. The largest absolute Gasteiger partial charge is 0.389 e. The van der Waals surface area contributed by atoms with E-state index < -0.39 is 11.9 Å². The van der Waals surface area contributed by atoms with Gasteiger partial charge in [-0.3, -0.25) is 4.79 Å². The van der Waals surface area contributed by atoms with Crippen LogP contribution in [0.2, 0.25) is 0 Å². The third kappa shape index (κ3) is 2.76. The molecule has 0 aromatic heterocycles. The van der Waals surface area contributed by atoms with E-state index in [9.17, 15) is 9.59 Å². The van der Waals surface area contributed by atoms with Gasteiger partial charge in [0.1, 0.15) is 6.42 Å². The Morgan fingerprint density at radius 2 is 1.93 bits per heavy atom. The molecule has 0 fully saturated rings. The molecule has 0 bridgehead atoms. The number of carbonyl (C=O) groups is 2. The summed E-state index contributed by atoms with van der Waals surface area (Å²) in [6.45, 7) is 0. The van der Waals surface area contributed by atoms with Gasteiger partial charge in [-0.15, -0.1) is 6.42 Å². The van der Waals surface area contributed by atoms with E-state index in [0.717, 1.165) is 0 Å². The average Bonchev–Trinajstić information content (AvgIpc) is 2.19. The number of hydrogen-bond acceptors (Lipinski definition) is 3. The molecule has 70 valence electrons. The Labute approximate surface area is 81.7 Å². The van der Waals surface area contributed by atoms with Crippen LogP contribution in [-0.4, -0.2) is 11.9 Å². The number of ether oxygens (including phenoxy) is 1.